The Labute approximate surface area is 196 Å². The molecule has 0 radical (unpaired) electrons. The Hall–Kier alpha value is -3.32. The minimum absolute atomic E-state index is 0.179. The van der Waals surface area contributed by atoms with Gasteiger partial charge in [-0.15, -0.1) is 0 Å². The number of para-hydroxylation sites is 1. The van der Waals surface area contributed by atoms with Crippen molar-refractivity contribution in [3.8, 4) is 0 Å². The lowest BCUT2D eigenvalue weighted by molar-refractivity contribution is -0.147. The van der Waals surface area contributed by atoms with E-state index in [4.69, 9.17) is 13.9 Å². The number of carbonyl (C=O) groups is 1. The van der Waals surface area contributed by atoms with Crippen molar-refractivity contribution in [2.75, 3.05) is 13.2 Å². The van der Waals surface area contributed by atoms with Crippen LogP contribution in [0.1, 0.15) is 13.2 Å². The van der Waals surface area contributed by atoms with E-state index in [1.54, 1.807) is 22.8 Å². The van der Waals surface area contributed by atoms with Crippen molar-refractivity contribution < 1.29 is 28.9 Å². The number of fused-ring (bicyclic) bond motifs is 2. The van der Waals surface area contributed by atoms with E-state index in [0.29, 0.717) is 26.8 Å². The number of nitrogens with zero attached hydrogens (tertiary/aromatic N) is 4. The van der Waals surface area contributed by atoms with E-state index in [-0.39, 0.29) is 6.61 Å². The number of hydrogen-bond acceptors (Lipinski definition) is 11. The zero-order valence-electron chi connectivity index (χ0n) is 17.9. The van der Waals surface area contributed by atoms with Gasteiger partial charge in [-0.1, -0.05) is 18.2 Å². The number of aromatic nitrogens is 4. The van der Waals surface area contributed by atoms with Crippen molar-refractivity contribution >= 4 is 39.9 Å². The lowest BCUT2D eigenvalue weighted by Crippen LogP contribution is -2.32. The molecule has 0 bridgehead atoms. The van der Waals surface area contributed by atoms with Crippen LogP contribution < -0.4 is 5.63 Å². The van der Waals surface area contributed by atoms with Gasteiger partial charge in [0.15, 0.2) is 10.8 Å². The molecular weight excluding hydrogens is 464 g/mol. The molecule has 12 heteroatoms. The molecule has 34 heavy (non-hydrogen) atoms. The van der Waals surface area contributed by atoms with E-state index in [0.717, 1.165) is 17.1 Å². The second kappa shape index (κ2) is 9.14. The van der Waals surface area contributed by atoms with Gasteiger partial charge >= 0.3 is 11.6 Å². The minimum atomic E-state index is -1.11. The van der Waals surface area contributed by atoms with Crippen LogP contribution in [0.25, 0.3) is 22.1 Å². The number of esters is 1. The maximum atomic E-state index is 12.6. The highest BCUT2D eigenvalue weighted by atomic mass is 32.2. The fraction of sp³-hybridized carbons (Fsp3) is 0.318. The predicted molar refractivity (Wildman–Crippen MR) is 119 cm³/mol. The van der Waals surface area contributed by atoms with Crippen LogP contribution in [0.4, 0.5) is 0 Å². The predicted octanol–water partition coefficient (Wildman–Crippen LogP) is 1.51. The number of aliphatic hydroxyl groups excluding tert-OH is 2. The largest absolute Gasteiger partial charge is 0.463 e. The van der Waals surface area contributed by atoms with Crippen LogP contribution in [0, 0.1) is 5.92 Å². The first kappa shape index (κ1) is 22.5. The van der Waals surface area contributed by atoms with E-state index >= 15 is 0 Å². The number of benzene rings is 1. The quantitative estimate of drug-likeness (QED) is 0.303. The van der Waals surface area contributed by atoms with Crippen LogP contribution in [0.5, 0.6) is 0 Å². The Morgan fingerprint density at radius 3 is 2.94 bits per heavy atom. The van der Waals surface area contributed by atoms with Crippen molar-refractivity contribution in [2.24, 2.45) is 5.92 Å². The highest BCUT2D eigenvalue weighted by Gasteiger charge is 2.46. The van der Waals surface area contributed by atoms with Crippen LogP contribution in [0.2, 0.25) is 0 Å². The van der Waals surface area contributed by atoms with Crippen LogP contribution in [-0.4, -0.2) is 61.1 Å². The average Bonchev–Trinajstić information content (AvgIpc) is 3.34. The summed E-state index contributed by atoms with van der Waals surface area (Å²) in [6, 6.07) is 8.86. The number of aliphatic hydroxyl groups is 2. The third-order valence-electron chi connectivity index (χ3n) is 5.55. The second-order valence-corrected chi connectivity index (χ2v) is 8.75. The molecule has 3 aromatic heterocycles. The van der Waals surface area contributed by atoms with Gasteiger partial charge in [0, 0.05) is 12.3 Å². The Bertz CT molecular complexity index is 1420. The van der Waals surface area contributed by atoms with Gasteiger partial charge in [0.1, 0.15) is 41.3 Å². The topological polar surface area (TPSA) is 150 Å². The highest BCUT2D eigenvalue weighted by Crippen LogP contribution is 2.40. The number of carbonyl (C=O) groups excluding carboxylic acids is 1. The van der Waals surface area contributed by atoms with Crippen LogP contribution >= 0.6 is 11.8 Å². The van der Waals surface area contributed by atoms with E-state index in [2.05, 4.69) is 15.0 Å². The summed E-state index contributed by atoms with van der Waals surface area (Å²) in [7, 11) is 0. The third-order valence-corrected chi connectivity index (χ3v) is 6.52. The van der Waals surface area contributed by atoms with Gasteiger partial charge < -0.3 is 24.1 Å². The normalized spacial score (nSPS) is 22.4. The van der Waals surface area contributed by atoms with Crippen molar-refractivity contribution in [3.63, 3.8) is 0 Å². The monoisotopic (exact) mass is 484 g/mol. The minimum Gasteiger partial charge on any atom is -0.463 e. The fourth-order valence-electron chi connectivity index (χ4n) is 3.93. The van der Waals surface area contributed by atoms with E-state index < -0.39 is 42.6 Å². The van der Waals surface area contributed by atoms with E-state index in [1.165, 1.54) is 19.4 Å². The molecule has 4 atom stereocenters. The SMILES string of the molecule is CC(=O)OC[C@H]1O[C@@H](n2c(Sc3cc4ccccc4oc3=O)nc3cncnc32)[C@H](CO)[C@@H]1O. The zero-order valence-corrected chi connectivity index (χ0v) is 18.7. The smallest absolute Gasteiger partial charge is 0.350 e. The van der Waals surface area contributed by atoms with E-state index in [9.17, 15) is 19.8 Å². The number of ether oxygens (including phenoxy) is 2. The van der Waals surface area contributed by atoms with Gasteiger partial charge in [-0.3, -0.25) is 9.36 Å². The van der Waals surface area contributed by atoms with Gasteiger partial charge in [-0.05, 0) is 23.9 Å². The molecule has 4 aromatic rings. The molecule has 5 rings (SSSR count). The van der Waals surface area contributed by atoms with Crippen LogP contribution in [-0.2, 0) is 14.3 Å². The van der Waals surface area contributed by atoms with Crippen molar-refractivity contribution in [2.45, 2.75) is 35.4 Å². The van der Waals surface area contributed by atoms with Gasteiger partial charge in [-0.2, -0.15) is 0 Å². The molecular formula is C22H20N4O7S. The molecule has 0 saturated carbocycles. The Morgan fingerprint density at radius 1 is 1.32 bits per heavy atom. The summed E-state index contributed by atoms with van der Waals surface area (Å²) in [4.78, 5) is 37.0. The molecule has 1 saturated heterocycles. The molecule has 176 valence electrons. The average molecular weight is 484 g/mol. The molecule has 0 spiro atoms. The number of rotatable bonds is 6. The third kappa shape index (κ3) is 4.05. The highest BCUT2D eigenvalue weighted by molar-refractivity contribution is 7.99. The first-order chi connectivity index (χ1) is 16.5. The summed E-state index contributed by atoms with van der Waals surface area (Å²) < 4.78 is 18.1. The summed E-state index contributed by atoms with van der Waals surface area (Å²) in [5.41, 5.74) is 0.763. The van der Waals surface area contributed by atoms with Crippen molar-refractivity contribution in [3.05, 3.63) is 53.3 Å². The molecule has 11 nitrogen and oxygen atoms in total. The Balaban J connectivity index is 1.57. The summed E-state index contributed by atoms with van der Waals surface area (Å²) in [5, 5.41) is 21.8. The maximum absolute atomic E-state index is 12.6. The lowest BCUT2D eigenvalue weighted by atomic mass is 10.0. The molecule has 1 aromatic carbocycles. The molecule has 0 unspecified atom stereocenters. The maximum Gasteiger partial charge on any atom is 0.350 e. The standard InChI is InChI=1S/C22H20N4O7S/c1-11(28)31-9-16-18(29)13(8-27)20(32-16)26-19-14(7-23-10-24-19)25-22(26)34-17-6-12-4-2-3-5-15(12)33-21(17)30/h2-7,10,13,16,18,20,27,29H,8-9H2,1H3/t13-,16-,18+,20-/m1/s1. The zero-order chi connectivity index (χ0) is 23.8. The first-order valence-electron chi connectivity index (χ1n) is 10.4. The molecule has 1 aliphatic rings. The van der Waals surface area contributed by atoms with Crippen LogP contribution in [0.15, 0.2) is 62.1 Å². The van der Waals surface area contributed by atoms with Gasteiger partial charge in [-0.25, -0.2) is 19.7 Å². The number of hydrogen-bond donors (Lipinski definition) is 2. The second-order valence-electron chi connectivity index (χ2n) is 7.74. The summed E-state index contributed by atoms with van der Waals surface area (Å²) in [5.74, 6) is -1.28. The van der Waals surface area contributed by atoms with Crippen LogP contribution in [0.3, 0.4) is 0 Å². The summed E-state index contributed by atoms with van der Waals surface area (Å²) in [6.45, 7) is 0.670. The molecule has 4 heterocycles. The summed E-state index contributed by atoms with van der Waals surface area (Å²) in [6.07, 6.45) is -0.0159. The molecule has 1 aliphatic heterocycles. The van der Waals surface area contributed by atoms with Gasteiger partial charge in [0.05, 0.1) is 24.8 Å². The molecule has 2 N–H and O–H groups in total. The molecule has 1 fully saturated rings. The first-order valence-corrected chi connectivity index (χ1v) is 11.2. The lowest BCUT2D eigenvalue weighted by Gasteiger charge is -2.21. The number of imidazole rings is 1. The summed E-state index contributed by atoms with van der Waals surface area (Å²) >= 11 is 1.05. The molecule has 0 aliphatic carbocycles. The Kier molecular flexibility index (Phi) is 6.04. The van der Waals surface area contributed by atoms with E-state index in [1.807, 2.05) is 12.1 Å². The van der Waals surface area contributed by atoms with Crippen molar-refractivity contribution in [1.82, 2.24) is 19.5 Å². The van der Waals surface area contributed by atoms with Gasteiger partial charge in [0.2, 0.25) is 0 Å². The van der Waals surface area contributed by atoms with Crippen molar-refractivity contribution in [1.29, 1.82) is 0 Å². The molecule has 0 amide bonds. The fourth-order valence-corrected chi connectivity index (χ4v) is 4.87. The van der Waals surface area contributed by atoms with Gasteiger partial charge in [0.25, 0.3) is 0 Å². The Morgan fingerprint density at radius 2 is 2.15 bits per heavy atom.